The third-order valence-electron chi connectivity index (χ3n) is 6.28. The van der Waals surface area contributed by atoms with Gasteiger partial charge in [0.25, 0.3) is 0 Å². The molecule has 0 saturated carbocycles. The molecule has 0 aliphatic carbocycles. The number of nitrogens with one attached hydrogen (secondary N) is 1. The minimum Gasteiger partial charge on any atom is -0.478 e. The fourth-order valence-electron chi connectivity index (χ4n) is 4.04. The lowest BCUT2D eigenvalue weighted by Crippen LogP contribution is -2.59. The maximum atomic E-state index is 13.7. The summed E-state index contributed by atoms with van der Waals surface area (Å²) in [4.78, 5) is 40.2. The number of hydrogen-bond donors (Lipinski definition) is 2. The molecule has 34 heavy (non-hydrogen) atoms. The third-order valence-corrected chi connectivity index (χ3v) is 7.56. The highest BCUT2D eigenvalue weighted by atomic mass is 32.2. The number of hydrogen-bond acceptors (Lipinski definition) is 4. The van der Waals surface area contributed by atoms with E-state index in [0.29, 0.717) is 0 Å². The van der Waals surface area contributed by atoms with Crippen molar-refractivity contribution in [2.75, 3.05) is 13.3 Å². The van der Waals surface area contributed by atoms with Gasteiger partial charge in [-0.2, -0.15) is 11.8 Å². The highest BCUT2D eigenvalue weighted by Gasteiger charge is 2.41. The molecule has 3 atom stereocenters. The number of aliphatic carboxylic acids is 1. The van der Waals surface area contributed by atoms with Crippen LogP contribution in [0, 0.1) is 11.3 Å². The zero-order chi connectivity index (χ0) is 26.4. The lowest BCUT2D eigenvalue weighted by molar-refractivity contribution is -0.140. The van der Waals surface area contributed by atoms with E-state index in [9.17, 15) is 19.5 Å². The average Bonchev–Trinajstić information content (AvgIpc) is 2.74. The van der Waals surface area contributed by atoms with Gasteiger partial charge in [-0.3, -0.25) is 9.59 Å². The Kier molecular flexibility index (Phi) is 10.4. The van der Waals surface area contributed by atoms with Gasteiger partial charge in [-0.25, -0.2) is 4.79 Å². The molecule has 0 heterocycles. The second-order valence-corrected chi connectivity index (χ2v) is 11.8. The normalized spacial score (nSPS) is 15.4. The molecule has 1 aromatic carbocycles. The van der Waals surface area contributed by atoms with Crippen LogP contribution < -0.4 is 5.32 Å². The monoisotopic (exact) mass is 490 g/mol. The molecule has 0 radical (unpaired) electrons. The van der Waals surface area contributed by atoms with Crippen molar-refractivity contribution in [2.45, 2.75) is 78.1 Å². The molecule has 0 saturated heterocycles. The standard InChI is InChI=1S/C27H42N2O4S/c1-17(2)20(16-18(3)25(32)33)29(9)24(31)21(26(4,5)6)28-23(30)22(34-10)27(7,8)19-14-12-11-13-15-19/h11-17,20-22H,1-10H3,(H,28,30)(H,32,33)/t20-,21-,22?/m1/s1. The van der Waals surface area contributed by atoms with Gasteiger partial charge < -0.3 is 15.3 Å². The van der Waals surface area contributed by atoms with Crippen molar-refractivity contribution in [3.05, 3.63) is 47.5 Å². The van der Waals surface area contributed by atoms with Crippen LogP contribution in [0.3, 0.4) is 0 Å². The fourth-order valence-corrected chi connectivity index (χ4v) is 5.05. The summed E-state index contributed by atoms with van der Waals surface area (Å²) in [5.74, 6) is -1.46. The number of carbonyl (C=O) groups excluding carboxylic acids is 2. The van der Waals surface area contributed by atoms with Gasteiger partial charge in [0.05, 0.1) is 11.3 Å². The Morgan fingerprint density at radius 2 is 1.59 bits per heavy atom. The van der Waals surface area contributed by atoms with Gasteiger partial charge in [0.15, 0.2) is 0 Å². The molecule has 2 amide bonds. The highest BCUT2D eigenvalue weighted by molar-refractivity contribution is 8.00. The predicted octanol–water partition coefficient (Wildman–Crippen LogP) is 4.74. The van der Waals surface area contributed by atoms with E-state index in [1.54, 1.807) is 18.0 Å². The summed E-state index contributed by atoms with van der Waals surface area (Å²) >= 11 is 1.46. The van der Waals surface area contributed by atoms with Crippen molar-refractivity contribution < 1.29 is 19.5 Å². The Bertz CT molecular complexity index is 888. The summed E-state index contributed by atoms with van der Waals surface area (Å²) in [6.07, 6.45) is 3.51. The summed E-state index contributed by atoms with van der Waals surface area (Å²) in [6.45, 7) is 15.2. The van der Waals surface area contributed by atoms with Crippen molar-refractivity contribution in [1.82, 2.24) is 10.2 Å². The van der Waals surface area contributed by atoms with Crippen molar-refractivity contribution >= 4 is 29.5 Å². The number of rotatable bonds is 10. The maximum Gasteiger partial charge on any atom is 0.331 e. The summed E-state index contributed by atoms with van der Waals surface area (Å²) in [6, 6.07) is 8.71. The Hall–Kier alpha value is -2.28. The fraction of sp³-hybridized carbons (Fsp3) is 0.593. The summed E-state index contributed by atoms with van der Waals surface area (Å²) < 4.78 is 0. The average molecular weight is 491 g/mol. The molecular weight excluding hydrogens is 448 g/mol. The van der Waals surface area contributed by atoms with Gasteiger partial charge >= 0.3 is 5.97 Å². The highest BCUT2D eigenvalue weighted by Crippen LogP contribution is 2.34. The van der Waals surface area contributed by atoms with Crippen LogP contribution >= 0.6 is 11.8 Å². The van der Waals surface area contributed by atoms with Crippen LogP contribution in [0.1, 0.15) is 61.0 Å². The van der Waals surface area contributed by atoms with Gasteiger partial charge in [-0.1, -0.05) is 84.9 Å². The van der Waals surface area contributed by atoms with E-state index < -0.39 is 34.1 Å². The topological polar surface area (TPSA) is 86.7 Å². The SMILES string of the molecule is CSC(C(=O)N[C@H](C(=O)N(C)[C@H](C=C(C)C(=O)O)C(C)C)C(C)(C)C)C(C)(C)c1ccccc1. The molecule has 0 bridgehead atoms. The van der Waals surface area contributed by atoms with E-state index in [4.69, 9.17) is 0 Å². The van der Waals surface area contributed by atoms with E-state index in [1.165, 1.54) is 18.7 Å². The summed E-state index contributed by atoms with van der Waals surface area (Å²) in [5, 5.41) is 12.0. The molecule has 1 unspecified atom stereocenters. The quantitative estimate of drug-likeness (QED) is 0.463. The first kappa shape index (κ1) is 29.8. The van der Waals surface area contributed by atoms with Gasteiger partial charge in [0.2, 0.25) is 11.8 Å². The van der Waals surface area contributed by atoms with Crippen molar-refractivity contribution in [3.63, 3.8) is 0 Å². The van der Waals surface area contributed by atoms with Crippen LogP contribution in [0.2, 0.25) is 0 Å². The first-order valence-corrected chi connectivity index (χ1v) is 12.9. The third kappa shape index (κ3) is 7.36. The lowest BCUT2D eigenvalue weighted by atomic mass is 9.80. The second kappa shape index (κ2) is 11.9. The molecule has 0 spiro atoms. The van der Waals surface area contributed by atoms with E-state index in [2.05, 4.69) is 5.32 Å². The number of nitrogens with zero attached hydrogens (tertiary/aromatic N) is 1. The molecule has 1 rings (SSSR count). The van der Waals surface area contributed by atoms with Crippen LogP contribution in [0.25, 0.3) is 0 Å². The number of likely N-dealkylation sites (N-methyl/N-ethyl adjacent to an activating group) is 1. The van der Waals surface area contributed by atoms with Gasteiger partial charge in [0, 0.05) is 18.0 Å². The van der Waals surface area contributed by atoms with Crippen LogP contribution in [0.15, 0.2) is 42.0 Å². The predicted molar refractivity (Wildman–Crippen MR) is 141 cm³/mol. The lowest BCUT2D eigenvalue weighted by Gasteiger charge is -2.39. The number of carboxylic acid groups (broad SMARTS) is 1. The zero-order valence-electron chi connectivity index (χ0n) is 22.3. The molecule has 6 nitrogen and oxygen atoms in total. The first-order valence-electron chi connectivity index (χ1n) is 11.6. The van der Waals surface area contributed by atoms with E-state index >= 15 is 0 Å². The van der Waals surface area contributed by atoms with Gasteiger partial charge in [-0.05, 0) is 30.1 Å². The maximum absolute atomic E-state index is 13.7. The first-order chi connectivity index (χ1) is 15.5. The molecule has 7 heteroatoms. The van der Waals surface area contributed by atoms with Crippen molar-refractivity contribution in [1.29, 1.82) is 0 Å². The molecule has 1 aromatic rings. The van der Waals surface area contributed by atoms with Crippen LogP contribution in [-0.4, -0.2) is 58.4 Å². The smallest absolute Gasteiger partial charge is 0.331 e. The molecule has 190 valence electrons. The van der Waals surface area contributed by atoms with E-state index in [1.807, 2.05) is 85.1 Å². The number of carbonyl (C=O) groups is 3. The Balaban J connectivity index is 3.29. The van der Waals surface area contributed by atoms with E-state index in [-0.39, 0.29) is 23.3 Å². The van der Waals surface area contributed by atoms with E-state index in [0.717, 1.165) is 5.56 Å². The minimum atomic E-state index is -1.02. The molecule has 0 aliphatic rings. The Morgan fingerprint density at radius 3 is 2.00 bits per heavy atom. The van der Waals surface area contributed by atoms with Gasteiger partial charge in [0.1, 0.15) is 6.04 Å². The second-order valence-electron chi connectivity index (χ2n) is 10.8. The molecule has 2 N–H and O–H groups in total. The molecular formula is C27H42N2O4S. The van der Waals surface area contributed by atoms with Crippen LogP contribution in [-0.2, 0) is 19.8 Å². The number of thioether (sulfide) groups is 1. The molecule has 0 fully saturated rings. The number of carboxylic acids is 1. The number of amides is 2. The minimum absolute atomic E-state index is 0.00414. The van der Waals surface area contributed by atoms with Gasteiger partial charge in [-0.15, -0.1) is 0 Å². The van der Waals surface area contributed by atoms with Crippen molar-refractivity contribution in [2.24, 2.45) is 11.3 Å². The Morgan fingerprint density at radius 1 is 1.06 bits per heavy atom. The molecule has 0 aromatic heterocycles. The van der Waals surface area contributed by atoms with Crippen LogP contribution in [0.5, 0.6) is 0 Å². The summed E-state index contributed by atoms with van der Waals surface area (Å²) in [7, 11) is 1.67. The summed E-state index contributed by atoms with van der Waals surface area (Å²) in [5.41, 5.74) is 0.230. The zero-order valence-corrected chi connectivity index (χ0v) is 23.1. The van der Waals surface area contributed by atoms with Crippen molar-refractivity contribution in [3.8, 4) is 0 Å². The largest absolute Gasteiger partial charge is 0.478 e. The molecule has 0 aliphatic heterocycles. The Labute approximate surface area is 209 Å². The van der Waals surface area contributed by atoms with Crippen LogP contribution in [0.4, 0.5) is 0 Å². The number of benzene rings is 1.